The van der Waals surface area contributed by atoms with E-state index in [9.17, 15) is 9.59 Å². The Morgan fingerprint density at radius 2 is 2.16 bits per heavy atom. The topological polar surface area (TPSA) is 127 Å². The first-order chi connectivity index (χ1) is 12.0. The standard InChI is InChI=1S/C15H18ClN7O2/c1-8-5-9(22-13-10(16)12(17)19-7-20-13)15(25)23-4-2-3-18-6-21-14(24)11(8)23/h5,7,18H,2-4,6H2,1H3,(H,21,24)(H3,17,19,20,22). The summed E-state index contributed by atoms with van der Waals surface area (Å²) in [7, 11) is 0. The number of hydrogen-bond donors (Lipinski definition) is 4. The molecule has 0 bridgehead atoms. The van der Waals surface area contributed by atoms with Crippen LogP contribution >= 0.6 is 11.6 Å². The van der Waals surface area contributed by atoms with Crippen molar-refractivity contribution >= 4 is 34.8 Å². The molecule has 3 heterocycles. The van der Waals surface area contributed by atoms with Gasteiger partial charge in [0.05, 0.1) is 6.67 Å². The molecule has 5 N–H and O–H groups in total. The van der Waals surface area contributed by atoms with Crippen molar-refractivity contribution in [3.63, 3.8) is 0 Å². The summed E-state index contributed by atoms with van der Waals surface area (Å²) in [6, 6.07) is 1.60. The number of nitrogens with one attached hydrogen (secondary N) is 3. The number of pyridine rings is 1. The average molecular weight is 364 g/mol. The first-order valence-electron chi connectivity index (χ1n) is 7.75. The van der Waals surface area contributed by atoms with Crippen molar-refractivity contribution in [3.05, 3.63) is 39.0 Å². The number of halogens is 1. The van der Waals surface area contributed by atoms with Gasteiger partial charge in [0, 0.05) is 6.54 Å². The van der Waals surface area contributed by atoms with Crippen LogP contribution in [0, 0.1) is 6.92 Å². The monoisotopic (exact) mass is 363 g/mol. The van der Waals surface area contributed by atoms with Crippen LogP contribution in [0.5, 0.6) is 0 Å². The van der Waals surface area contributed by atoms with Gasteiger partial charge in [0.25, 0.3) is 11.5 Å². The molecule has 0 saturated carbocycles. The van der Waals surface area contributed by atoms with Gasteiger partial charge in [-0.2, -0.15) is 0 Å². The molecule has 1 amide bonds. The summed E-state index contributed by atoms with van der Waals surface area (Å²) < 4.78 is 1.47. The van der Waals surface area contributed by atoms with E-state index in [1.807, 2.05) is 0 Å². The number of aryl methyl sites for hydroxylation is 1. The Morgan fingerprint density at radius 3 is 2.96 bits per heavy atom. The molecular weight excluding hydrogens is 346 g/mol. The Kier molecular flexibility index (Phi) is 4.86. The maximum Gasteiger partial charge on any atom is 0.274 e. The molecule has 1 aliphatic rings. The number of anilines is 3. The van der Waals surface area contributed by atoms with E-state index in [4.69, 9.17) is 17.3 Å². The normalized spacial score (nSPS) is 14.7. The molecule has 0 aromatic carbocycles. The van der Waals surface area contributed by atoms with Gasteiger partial charge in [-0.3, -0.25) is 14.9 Å². The van der Waals surface area contributed by atoms with Gasteiger partial charge in [0.2, 0.25) is 0 Å². The largest absolute Gasteiger partial charge is 0.382 e. The Hall–Kier alpha value is -2.65. The number of aromatic nitrogens is 3. The number of nitrogens with zero attached hydrogens (tertiary/aromatic N) is 3. The first kappa shape index (κ1) is 17.2. The number of carbonyl (C=O) groups is 1. The minimum Gasteiger partial charge on any atom is -0.382 e. The molecule has 9 nitrogen and oxygen atoms in total. The maximum atomic E-state index is 12.9. The Balaban J connectivity index is 2.08. The summed E-state index contributed by atoms with van der Waals surface area (Å²) in [6.45, 7) is 3.25. The van der Waals surface area contributed by atoms with Crippen LogP contribution in [0.2, 0.25) is 5.02 Å². The number of hydrogen-bond acceptors (Lipinski definition) is 7. The number of carbonyl (C=O) groups excluding carboxylic acids is 1. The molecule has 0 saturated heterocycles. The molecule has 3 rings (SSSR count). The van der Waals surface area contributed by atoms with Gasteiger partial charge in [-0.25, -0.2) is 9.97 Å². The zero-order valence-corrected chi connectivity index (χ0v) is 14.4. The quantitative estimate of drug-likeness (QED) is 0.615. The molecule has 0 atom stereocenters. The summed E-state index contributed by atoms with van der Waals surface area (Å²) in [5.74, 6) is 0.0597. The summed E-state index contributed by atoms with van der Waals surface area (Å²) in [5, 5.41) is 8.86. The molecule has 2 aromatic rings. The van der Waals surface area contributed by atoms with Crippen LogP contribution in [-0.4, -0.2) is 33.7 Å². The van der Waals surface area contributed by atoms with Gasteiger partial charge in [-0.15, -0.1) is 0 Å². The highest BCUT2D eigenvalue weighted by Crippen LogP contribution is 2.26. The number of nitrogen functional groups attached to an aromatic ring is 1. The van der Waals surface area contributed by atoms with E-state index in [0.29, 0.717) is 37.4 Å². The molecule has 10 heteroatoms. The highest BCUT2D eigenvalue weighted by Gasteiger charge is 2.20. The fourth-order valence-electron chi connectivity index (χ4n) is 2.69. The molecule has 132 valence electrons. The molecule has 25 heavy (non-hydrogen) atoms. The SMILES string of the molecule is Cc1cc(Nc2ncnc(N)c2Cl)c(=O)n2c1C(=O)NCNCCC2. The lowest BCUT2D eigenvalue weighted by atomic mass is 10.1. The van der Waals surface area contributed by atoms with Crippen molar-refractivity contribution in [3.8, 4) is 0 Å². The third kappa shape index (κ3) is 3.42. The van der Waals surface area contributed by atoms with Crippen molar-refractivity contribution in [1.82, 2.24) is 25.2 Å². The van der Waals surface area contributed by atoms with Crippen LogP contribution in [0.4, 0.5) is 17.3 Å². The molecule has 2 aromatic heterocycles. The molecule has 0 spiro atoms. The molecule has 0 aliphatic carbocycles. The highest BCUT2D eigenvalue weighted by molar-refractivity contribution is 6.35. The summed E-state index contributed by atoms with van der Waals surface area (Å²) in [6.07, 6.45) is 1.97. The zero-order valence-electron chi connectivity index (χ0n) is 13.6. The molecule has 0 fully saturated rings. The van der Waals surface area contributed by atoms with Crippen LogP contribution in [0.25, 0.3) is 0 Å². The molecule has 0 unspecified atom stereocenters. The third-order valence-corrected chi connectivity index (χ3v) is 4.25. The Labute approximate surface area is 148 Å². The number of rotatable bonds is 2. The lowest BCUT2D eigenvalue weighted by Crippen LogP contribution is -2.36. The lowest BCUT2D eigenvalue weighted by molar-refractivity contribution is 0.0941. The van der Waals surface area contributed by atoms with Crippen molar-refractivity contribution in [2.75, 3.05) is 24.3 Å². The van der Waals surface area contributed by atoms with Crippen LogP contribution < -0.4 is 27.2 Å². The van der Waals surface area contributed by atoms with E-state index in [-0.39, 0.29) is 33.8 Å². The van der Waals surface area contributed by atoms with Crippen molar-refractivity contribution < 1.29 is 4.79 Å². The minimum absolute atomic E-state index is 0.115. The Bertz CT molecular complexity index is 881. The highest BCUT2D eigenvalue weighted by atomic mass is 35.5. The van der Waals surface area contributed by atoms with Crippen LogP contribution in [0.15, 0.2) is 17.2 Å². The van der Waals surface area contributed by atoms with E-state index < -0.39 is 0 Å². The van der Waals surface area contributed by atoms with E-state index >= 15 is 0 Å². The summed E-state index contributed by atoms with van der Waals surface area (Å²) in [5.41, 5.74) is 6.62. The second-order valence-electron chi connectivity index (χ2n) is 5.63. The molecule has 0 radical (unpaired) electrons. The fourth-order valence-corrected chi connectivity index (χ4v) is 2.83. The third-order valence-electron chi connectivity index (χ3n) is 3.87. The average Bonchev–Trinajstić information content (AvgIpc) is 2.67. The van der Waals surface area contributed by atoms with Gasteiger partial charge in [0.1, 0.15) is 28.5 Å². The lowest BCUT2D eigenvalue weighted by Gasteiger charge is -2.16. The van der Waals surface area contributed by atoms with Crippen molar-refractivity contribution in [2.24, 2.45) is 0 Å². The second-order valence-corrected chi connectivity index (χ2v) is 6.01. The van der Waals surface area contributed by atoms with Crippen molar-refractivity contribution in [1.29, 1.82) is 0 Å². The van der Waals surface area contributed by atoms with E-state index in [0.717, 1.165) is 0 Å². The first-order valence-corrected chi connectivity index (χ1v) is 8.13. The number of amides is 1. The summed E-state index contributed by atoms with van der Waals surface area (Å²) in [4.78, 5) is 33.0. The summed E-state index contributed by atoms with van der Waals surface area (Å²) >= 11 is 6.08. The van der Waals surface area contributed by atoms with Gasteiger partial charge in [0.15, 0.2) is 5.82 Å². The van der Waals surface area contributed by atoms with Gasteiger partial charge >= 0.3 is 0 Å². The van der Waals surface area contributed by atoms with Crippen LogP contribution in [-0.2, 0) is 6.54 Å². The van der Waals surface area contributed by atoms with Gasteiger partial charge in [-0.05, 0) is 31.5 Å². The van der Waals surface area contributed by atoms with Crippen LogP contribution in [0.1, 0.15) is 22.5 Å². The maximum absolute atomic E-state index is 12.9. The minimum atomic E-state index is -0.328. The second kappa shape index (κ2) is 7.08. The van der Waals surface area contributed by atoms with Crippen molar-refractivity contribution in [2.45, 2.75) is 19.9 Å². The van der Waals surface area contributed by atoms with E-state index in [1.165, 1.54) is 10.9 Å². The van der Waals surface area contributed by atoms with E-state index in [1.54, 1.807) is 13.0 Å². The predicted molar refractivity (Wildman–Crippen MR) is 95.1 cm³/mol. The molecule has 1 aliphatic heterocycles. The predicted octanol–water partition coefficient (Wildman–Crippen LogP) is 0.607. The number of nitrogens with two attached hydrogens (primary N) is 1. The Morgan fingerprint density at radius 1 is 1.36 bits per heavy atom. The zero-order chi connectivity index (χ0) is 18.0. The van der Waals surface area contributed by atoms with Crippen LogP contribution in [0.3, 0.4) is 0 Å². The van der Waals surface area contributed by atoms with E-state index in [2.05, 4.69) is 25.9 Å². The fraction of sp³-hybridized carbons (Fsp3) is 0.333. The van der Waals surface area contributed by atoms with Gasteiger partial charge in [-0.1, -0.05) is 11.6 Å². The number of fused-ring (bicyclic) bond motifs is 1. The van der Waals surface area contributed by atoms with Gasteiger partial charge < -0.3 is 20.9 Å². The molecular formula is C15H18ClN7O2. The smallest absolute Gasteiger partial charge is 0.274 e.